The molecule has 3 rings (SSSR count). The average Bonchev–Trinajstić information content (AvgIpc) is 3.09. The molecule has 8 nitrogen and oxygen atoms in total. The SMILES string of the molecule is Cc1ccc(-n2nccn2)c(C(=O)N2CCCOC2CN=O)c1. The van der Waals surface area contributed by atoms with Gasteiger partial charge in [-0.25, -0.2) is 0 Å². The number of hydrogen-bond acceptors (Lipinski definition) is 6. The molecular weight excluding hydrogens is 298 g/mol. The summed E-state index contributed by atoms with van der Waals surface area (Å²) in [6.07, 6.45) is 3.21. The molecule has 1 atom stereocenters. The van der Waals surface area contributed by atoms with E-state index < -0.39 is 6.23 Å². The molecule has 2 aromatic rings. The molecule has 0 radical (unpaired) electrons. The molecule has 0 saturated carbocycles. The molecule has 1 aromatic carbocycles. The van der Waals surface area contributed by atoms with E-state index in [-0.39, 0.29) is 12.5 Å². The monoisotopic (exact) mass is 315 g/mol. The lowest BCUT2D eigenvalue weighted by Gasteiger charge is -2.34. The van der Waals surface area contributed by atoms with E-state index >= 15 is 0 Å². The quantitative estimate of drug-likeness (QED) is 0.798. The lowest BCUT2D eigenvalue weighted by molar-refractivity contribution is -0.0711. The normalized spacial score (nSPS) is 18.0. The van der Waals surface area contributed by atoms with Crippen molar-refractivity contribution in [3.8, 4) is 5.69 Å². The number of nitroso groups, excluding NO2 is 1. The van der Waals surface area contributed by atoms with E-state index in [1.165, 1.54) is 4.80 Å². The molecule has 1 saturated heterocycles. The van der Waals surface area contributed by atoms with E-state index in [2.05, 4.69) is 15.4 Å². The van der Waals surface area contributed by atoms with Crippen LogP contribution in [0, 0.1) is 11.8 Å². The number of amides is 1. The van der Waals surface area contributed by atoms with E-state index in [1.807, 2.05) is 13.0 Å². The number of hydrogen-bond donors (Lipinski definition) is 0. The first kappa shape index (κ1) is 15.3. The highest BCUT2D eigenvalue weighted by molar-refractivity contribution is 5.98. The first-order valence-electron chi connectivity index (χ1n) is 7.39. The van der Waals surface area contributed by atoms with Crippen LogP contribution in [0.2, 0.25) is 0 Å². The third kappa shape index (κ3) is 3.11. The van der Waals surface area contributed by atoms with Crippen molar-refractivity contribution in [3.05, 3.63) is 46.6 Å². The van der Waals surface area contributed by atoms with Crippen molar-refractivity contribution in [2.45, 2.75) is 19.6 Å². The zero-order valence-electron chi connectivity index (χ0n) is 12.8. The van der Waals surface area contributed by atoms with Crippen molar-refractivity contribution in [2.24, 2.45) is 5.18 Å². The number of carbonyl (C=O) groups excluding carboxylic acids is 1. The summed E-state index contributed by atoms with van der Waals surface area (Å²) in [5, 5.41) is 11.1. The standard InChI is InChI=1S/C15H17N5O3/c1-11-3-4-13(20-16-5-6-17-20)12(9-11)15(21)19-7-2-8-23-14(19)10-18-22/h3-6,9,14H,2,7-8,10H2,1H3. The van der Waals surface area contributed by atoms with Crippen LogP contribution in [0.4, 0.5) is 0 Å². The lowest BCUT2D eigenvalue weighted by Crippen LogP contribution is -2.48. The molecular formula is C15H17N5O3. The van der Waals surface area contributed by atoms with Gasteiger partial charge in [0.2, 0.25) is 0 Å². The predicted octanol–water partition coefficient (Wildman–Crippen LogP) is 1.53. The molecule has 0 spiro atoms. The molecule has 1 aliphatic heterocycles. The molecule has 23 heavy (non-hydrogen) atoms. The van der Waals surface area contributed by atoms with Crippen LogP contribution < -0.4 is 0 Å². The van der Waals surface area contributed by atoms with Crippen LogP contribution in [0.5, 0.6) is 0 Å². The zero-order valence-corrected chi connectivity index (χ0v) is 12.8. The maximum atomic E-state index is 13.0. The van der Waals surface area contributed by atoms with Crippen LogP contribution in [0.1, 0.15) is 22.3 Å². The Morgan fingerprint density at radius 3 is 2.91 bits per heavy atom. The topological polar surface area (TPSA) is 89.7 Å². The smallest absolute Gasteiger partial charge is 0.258 e. The summed E-state index contributed by atoms with van der Waals surface area (Å²) >= 11 is 0. The fraction of sp³-hybridized carbons (Fsp3) is 0.400. The Morgan fingerprint density at radius 2 is 2.17 bits per heavy atom. The first-order valence-corrected chi connectivity index (χ1v) is 7.39. The van der Waals surface area contributed by atoms with Gasteiger partial charge in [0, 0.05) is 6.54 Å². The van der Waals surface area contributed by atoms with Crippen molar-refractivity contribution in [3.63, 3.8) is 0 Å². The van der Waals surface area contributed by atoms with Crippen molar-refractivity contribution >= 4 is 5.91 Å². The van der Waals surface area contributed by atoms with Crippen LogP contribution in [0.3, 0.4) is 0 Å². The molecule has 1 fully saturated rings. The van der Waals surface area contributed by atoms with Gasteiger partial charge >= 0.3 is 0 Å². The minimum atomic E-state index is -0.618. The van der Waals surface area contributed by atoms with Gasteiger partial charge in [-0.15, -0.1) is 0 Å². The molecule has 1 aliphatic rings. The Bertz CT molecular complexity index is 701. The Labute approximate surface area is 133 Å². The summed E-state index contributed by atoms with van der Waals surface area (Å²) in [6.45, 7) is 2.88. The summed E-state index contributed by atoms with van der Waals surface area (Å²) in [4.78, 5) is 26.5. The number of carbonyl (C=O) groups is 1. The number of benzene rings is 1. The van der Waals surface area contributed by atoms with E-state index in [4.69, 9.17) is 4.74 Å². The van der Waals surface area contributed by atoms with Gasteiger partial charge in [0.1, 0.15) is 6.54 Å². The largest absolute Gasteiger partial charge is 0.356 e. The van der Waals surface area contributed by atoms with Gasteiger partial charge in [0.15, 0.2) is 6.23 Å². The highest BCUT2D eigenvalue weighted by atomic mass is 16.5. The van der Waals surface area contributed by atoms with Gasteiger partial charge < -0.3 is 9.64 Å². The second-order valence-electron chi connectivity index (χ2n) is 5.33. The van der Waals surface area contributed by atoms with Gasteiger partial charge in [0.25, 0.3) is 5.91 Å². The number of ether oxygens (including phenoxy) is 1. The summed E-state index contributed by atoms with van der Waals surface area (Å²) < 4.78 is 5.51. The Kier molecular flexibility index (Phi) is 4.42. The molecule has 1 amide bonds. The van der Waals surface area contributed by atoms with Crippen LogP contribution in [0.15, 0.2) is 35.8 Å². The minimum absolute atomic E-state index is 0.0765. The molecule has 1 unspecified atom stereocenters. The first-order chi connectivity index (χ1) is 11.2. The van der Waals surface area contributed by atoms with Crippen molar-refractivity contribution in [1.82, 2.24) is 19.9 Å². The molecule has 0 aliphatic carbocycles. The van der Waals surface area contributed by atoms with Gasteiger partial charge in [-0.05, 0) is 25.5 Å². The molecule has 8 heteroatoms. The van der Waals surface area contributed by atoms with Crippen LogP contribution in [-0.4, -0.2) is 51.7 Å². The highest BCUT2D eigenvalue weighted by Crippen LogP contribution is 2.21. The van der Waals surface area contributed by atoms with E-state index in [1.54, 1.807) is 29.4 Å². The molecule has 2 heterocycles. The van der Waals surface area contributed by atoms with Gasteiger partial charge in [-0.1, -0.05) is 16.8 Å². The molecule has 0 bridgehead atoms. The van der Waals surface area contributed by atoms with Gasteiger partial charge in [-0.2, -0.15) is 19.9 Å². The Morgan fingerprint density at radius 1 is 1.39 bits per heavy atom. The van der Waals surface area contributed by atoms with Crippen LogP contribution in [-0.2, 0) is 4.74 Å². The Hall–Kier alpha value is -2.61. The summed E-state index contributed by atoms with van der Waals surface area (Å²) in [5.74, 6) is -0.214. The predicted molar refractivity (Wildman–Crippen MR) is 82.2 cm³/mol. The maximum Gasteiger partial charge on any atom is 0.258 e. The van der Waals surface area contributed by atoms with Crippen LogP contribution >= 0.6 is 0 Å². The van der Waals surface area contributed by atoms with E-state index in [9.17, 15) is 9.70 Å². The fourth-order valence-corrected chi connectivity index (χ4v) is 2.63. The number of nitrogens with zero attached hydrogens (tertiary/aromatic N) is 5. The second-order valence-corrected chi connectivity index (χ2v) is 5.33. The minimum Gasteiger partial charge on any atom is -0.356 e. The van der Waals surface area contributed by atoms with E-state index in [0.717, 1.165) is 12.0 Å². The van der Waals surface area contributed by atoms with Gasteiger partial charge in [0.05, 0.1) is 30.3 Å². The number of rotatable bonds is 4. The third-order valence-electron chi connectivity index (χ3n) is 3.71. The average molecular weight is 315 g/mol. The zero-order chi connectivity index (χ0) is 16.2. The van der Waals surface area contributed by atoms with E-state index in [0.29, 0.717) is 24.4 Å². The summed E-state index contributed by atoms with van der Waals surface area (Å²) in [7, 11) is 0. The third-order valence-corrected chi connectivity index (χ3v) is 3.71. The molecule has 1 aromatic heterocycles. The molecule has 0 N–H and O–H groups in total. The highest BCUT2D eigenvalue weighted by Gasteiger charge is 2.30. The van der Waals surface area contributed by atoms with Crippen LogP contribution in [0.25, 0.3) is 5.69 Å². The summed E-state index contributed by atoms with van der Waals surface area (Å²) in [5.41, 5.74) is 2.02. The number of aromatic nitrogens is 3. The number of aryl methyl sites for hydroxylation is 1. The Balaban J connectivity index is 1.98. The van der Waals surface area contributed by atoms with Crippen molar-refractivity contribution in [1.29, 1.82) is 0 Å². The van der Waals surface area contributed by atoms with Crippen molar-refractivity contribution < 1.29 is 9.53 Å². The van der Waals surface area contributed by atoms with Crippen molar-refractivity contribution in [2.75, 3.05) is 19.7 Å². The fourth-order valence-electron chi connectivity index (χ4n) is 2.63. The summed E-state index contributed by atoms with van der Waals surface area (Å²) in [6, 6.07) is 5.49. The maximum absolute atomic E-state index is 13.0. The van der Waals surface area contributed by atoms with Gasteiger partial charge in [-0.3, -0.25) is 4.79 Å². The second kappa shape index (κ2) is 6.66. The lowest BCUT2D eigenvalue weighted by atomic mass is 10.1. The molecule has 120 valence electrons.